The van der Waals surface area contributed by atoms with Gasteiger partial charge in [-0.1, -0.05) is 12.1 Å². The zero-order valence-electron chi connectivity index (χ0n) is 12.4. The SMILES string of the molecule is CCOC(=O)C(Cc1ccc(SN(C)C)cc1)C(C)=O. The lowest BCUT2D eigenvalue weighted by Crippen LogP contribution is -2.26. The predicted octanol–water partition coefficient (Wildman–Crippen LogP) is 2.57. The Bertz CT molecular complexity index is 457. The third-order valence-electron chi connectivity index (χ3n) is 2.71. The minimum absolute atomic E-state index is 0.157. The molecule has 5 heteroatoms. The maximum atomic E-state index is 11.7. The number of ketones is 1. The Morgan fingerprint density at radius 3 is 2.30 bits per heavy atom. The molecule has 0 aliphatic carbocycles. The van der Waals surface area contributed by atoms with E-state index in [0.29, 0.717) is 13.0 Å². The van der Waals surface area contributed by atoms with Gasteiger partial charge in [-0.05, 0) is 64.0 Å². The number of benzene rings is 1. The zero-order valence-corrected chi connectivity index (χ0v) is 13.2. The minimum atomic E-state index is -0.706. The average Bonchev–Trinajstić information content (AvgIpc) is 2.37. The Labute approximate surface area is 124 Å². The lowest BCUT2D eigenvalue weighted by Gasteiger charge is -2.13. The van der Waals surface area contributed by atoms with Gasteiger partial charge in [0.2, 0.25) is 0 Å². The molecule has 0 fully saturated rings. The third kappa shape index (κ3) is 5.35. The molecule has 1 atom stereocenters. The first kappa shape index (κ1) is 16.7. The van der Waals surface area contributed by atoms with Crippen LogP contribution in [0.15, 0.2) is 29.2 Å². The average molecular weight is 295 g/mol. The highest BCUT2D eigenvalue weighted by atomic mass is 32.2. The highest BCUT2D eigenvalue weighted by Gasteiger charge is 2.24. The van der Waals surface area contributed by atoms with Crippen LogP contribution in [0.1, 0.15) is 19.4 Å². The molecule has 1 aromatic rings. The number of rotatable bonds is 7. The second kappa shape index (κ2) is 8.07. The standard InChI is InChI=1S/C15H21NO3S/c1-5-19-15(18)14(11(2)17)10-12-6-8-13(9-7-12)20-16(3)4/h6-9,14H,5,10H2,1-4H3. The fourth-order valence-electron chi connectivity index (χ4n) is 1.77. The van der Waals surface area contributed by atoms with E-state index in [0.717, 1.165) is 10.5 Å². The van der Waals surface area contributed by atoms with Crippen molar-refractivity contribution in [3.8, 4) is 0 Å². The van der Waals surface area contributed by atoms with E-state index in [-0.39, 0.29) is 5.78 Å². The molecule has 1 unspecified atom stereocenters. The van der Waals surface area contributed by atoms with Crippen LogP contribution in [-0.2, 0) is 20.7 Å². The first-order valence-electron chi connectivity index (χ1n) is 6.55. The van der Waals surface area contributed by atoms with Crippen LogP contribution >= 0.6 is 11.9 Å². The van der Waals surface area contributed by atoms with Crippen molar-refractivity contribution < 1.29 is 14.3 Å². The summed E-state index contributed by atoms with van der Waals surface area (Å²) in [5.41, 5.74) is 0.960. The first-order valence-corrected chi connectivity index (χ1v) is 7.32. The summed E-state index contributed by atoms with van der Waals surface area (Å²) in [5.74, 6) is -1.30. The lowest BCUT2D eigenvalue weighted by atomic mass is 9.96. The molecule has 20 heavy (non-hydrogen) atoms. The number of hydrogen-bond acceptors (Lipinski definition) is 5. The predicted molar refractivity (Wildman–Crippen MR) is 80.5 cm³/mol. The van der Waals surface area contributed by atoms with Crippen molar-refractivity contribution in [3.63, 3.8) is 0 Å². The quantitative estimate of drug-likeness (QED) is 0.439. The fourth-order valence-corrected chi connectivity index (χ4v) is 2.45. The smallest absolute Gasteiger partial charge is 0.316 e. The maximum absolute atomic E-state index is 11.7. The van der Waals surface area contributed by atoms with E-state index in [2.05, 4.69) is 0 Å². The molecule has 0 saturated heterocycles. The van der Waals surface area contributed by atoms with Crippen molar-refractivity contribution in [2.45, 2.75) is 25.2 Å². The summed E-state index contributed by atoms with van der Waals surface area (Å²) in [6.07, 6.45) is 0.390. The maximum Gasteiger partial charge on any atom is 0.316 e. The number of carbonyl (C=O) groups is 2. The van der Waals surface area contributed by atoms with E-state index in [1.807, 2.05) is 42.7 Å². The fraction of sp³-hybridized carbons (Fsp3) is 0.467. The summed E-state index contributed by atoms with van der Waals surface area (Å²) in [6.45, 7) is 3.46. The van der Waals surface area contributed by atoms with Crippen molar-refractivity contribution in [3.05, 3.63) is 29.8 Å². The molecule has 0 aromatic heterocycles. The molecule has 0 amide bonds. The van der Waals surface area contributed by atoms with Gasteiger partial charge in [-0.25, -0.2) is 0 Å². The van der Waals surface area contributed by atoms with Crippen LogP contribution in [-0.4, -0.2) is 36.8 Å². The van der Waals surface area contributed by atoms with Crippen molar-refractivity contribution in [1.82, 2.24) is 4.31 Å². The summed E-state index contributed by atoms with van der Waals surface area (Å²) >= 11 is 1.62. The van der Waals surface area contributed by atoms with Gasteiger partial charge in [0.15, 0.2) is 0 Å². The first-order chi connectivity index (χ1) is 9.43. The minimum Gasteiger partial charge on any atom is -0.465 e. The van der Waals surface area contributed by atoms with Crippen molar-refractivity contribution in [2.24, 2.45) is 5.92 Å². The topological polar surface area (TPSA) is 46.6 Å². The van der Waals surface area contributed by atoms with Gasteiger partial charge in [0.1, 0.15) is 11.7 Å². The number of esters is 1. The van der Waals surface area contributed by atoms with Crippen molar-refractivity contribution >= 4 is 23.7 Å². The van der Waals surface area contributed by atoms with Gasteiger partial charge in [0.25, 0.3) is 0 Å². The van der Waals surface area contributed by atoms with Crippen LogP contribution in [0.2, 0.25) is 0 Å². The van der Waals surface area contributed by atoms with E-state index in [1.54, 1.807) is 18.9 Å². The second-order valence-corrected chi connectivity index (χ2v) is 6.05. The van der Waals surface area contributed by atoms with E-state index < -0.39 is 11.9 Å². The molecule has 0 saturated carbocycles. The van der Waals surface area contributed by atoms with Crippen LogP contribution in [0.4, 0.5) is 0 Å². The number of Topliss-reactive ketones (excluding diaryl/α,β-unsaturated/α-hetero) is 1. The van der Waals surface area contributed by atoms with Gasteiger partial charge in [0, 0.05) is 4.90 Å². The lowest BCUT2D eigenvalue weighted by molar-refractivity contribution is -0.151. The van der Waals surface area contributed by atoms with E-state index in [1.165, 1.54) is 6.92 Å². The molecule has 0 N–H and O–H groups in total. The molecule has 0 aliphatic heterocycles. The molecular weight excluding hydrogens is 274 g/mol. The molecule has 0 radical (unpaired) electrons. The van der Waals surface area contributed by atoms with Gasteiger partial charge >= 0.3 is 5.97 Å². The number of hydrogen-bond donors (Lipinski definition) is 0. The summed E-state index contributed by atoms with van der Waals surface area (Å²) in [4.78, 5) is 24.4. The Balaban J connectivity index is 2.74. The summed E-state index contributed by atoms with van der Waals surface area (Å²) in [6, 6.07) is 7.87. The normalized spacial score (nSPS) is 12.2. The number of nitrogens with zero attached hydrogens (tertiary/aromatic N) is 1. The van der Waals surface area contributed by atoms with E-state index in [9.17, 15) is 9.59 Å². The molecule has 0 heterocycles. The van der Waals surface area contributed by atoms with Gasteiger partial charge in [0.05, 0.1) is 6.61 Å². The van der Waals surface area contributed by atoms with Gasteiger partial charge in [-0.3, -0.25) is 13.9 Å². The molecule has 1 rings (SSSR count). The third-order valence-corrected chi connectivity index (χ3v) is 3.56. The van der Waals surface area contributed by atoms with Crippen molar-refractivity contribution in [2.75, 3.05) is 20.7 Å². The van der Waals surface area contributed by atoms with E-state index in [4.69, 9.17) is 4.74 Å². The molecule has 0 aliphatic rings. The second-order valence-electron chi connectivity index (χ2n) is 4.67. The molecule has 1 aromatic carbocycles. The Kier molecular flexibility index (Phi) is 6.75. The molecular formula is C15H21NO3S. The highest BCUT2D eigenvalue weighted by Crippen LogP contribution is 2.21. The van der Waals surface area contributed by atoms with Gasteiger partial charge in [-0.2, -0.15) is 0 Å². The van der Waals surface area contributed by atoms with Gasteiger partial charge < -0.3 is 4.74 Å². The zero-order chi connectivity index (χ0) is 15.1. The Morgan fingerprint density at radius 2 is 1.85 bits per heavy atom. The molecule has 110 valence electrons. The van der Waals surface area contributed by atoms with Crippen LogP contribution < -0.4 is 0 Å². The van der Waals surface area contributed by atoms with Crippen LogP contribution in [0, 0.1) is 5.92 Å². The summed E-state index contributed by atoms with van der Waals surface area (Å²) in [7, 11) is 3.95. The summed E-state index contributed by atoms with van der Waals surface area (Å²) < 4.78 is 6.95. The number of ether oxygens (including phenoxy) is 1. The molecule has 0 bridgehead atoms. The summed E-state index contributed by atoms with van der Waals surface area (Å²) in [5, 5.41) is 0. The molecule has 0 spiro atoms. The number of carbonyl (C=O) groups excluding carboxylic acids is 2. The monoisotopic (exact) mass is 295 g/mol. The van der Waals surface area contributed by atoms with E-state index >= 15 is 0 Å². The van der Waals surface area contributed by atoms with Gasteiger partial charge in [-0.15, -0.1) is 0 Å². The Hall–Kier alpha value is -1.33. The van der Waals surface area contributed by atoms with Crippen LogP contribution in [0.3, 0.4) is 0 Å². The van der Waals surface area contributed by atoms with Crippen LogP contribution in [0.25, 0.3) is 0 Å². The largest absolute Gasteiger partial charge is 0.465 e. The molecule has 4 nitrogen and oxygen atoms in total. The van der Waals surface area contributed by atoms with Crippen LogP contribution in [0.5, 0.6) is 0 Å². The highest BCUT2D eigenvalue weighted by molar-refractivity contribution is 7.97. The van der Waals surface area contributed by atoms with Crippen molar-refractivity contribution in [1.29, 1.82) is 0 Å². The Morgan fingerprint density at radius 1 is 1.25 bits per heavy atom.